The van der Waals surface area contributed by atoms with Gasteiger partial charge in [0, 0.05) is 26.2 Å². The Morgan fingerprint density at radius 3 is 2.48 bits per heavy atom. The molecule has 0 aliphatic carbocycles. The van der Waals surface area contributed by atoms with Crippen LogP contribution in [0.5, 0.6) is 0 Å². The average molecular weight is 418 g/mol. The Morgan fingerprint density at radius 1 is 1.30 bits per heavy atom. The molecule has 1 aliphatic rings. The van der Waals surface area contributed by atoms with E-state index in [-0.39, 0.29) is 18.4 Å². The summed E-state index contributed by atoms with van der Waals surface area (Å²) in [4.78, 5) is 26.1. The molecule has 2 heterocycles. The number of esters is 1. The molecule has 2 atom stereocenters. The number of sulfonamides is 1. The van der Waals surface area contributed by atoms with E-state index in [9.17, 15) is 18.0 Å². The first-order chi connectivity index (χ1) is 12.8. The number of rotatable bonds is 8. The number of piperazine rings is 1. The lowest BCUT2D eigenvalue weighted by Crippen LogP contribution is -2.53. The Morgan fingerprint density at radius 2 is 1.96 bits per heavy atom. The number of amides is 1. The summed E-state index contributed by atoms with van der Waals surface area (Å²) < 4.78 is 31.6. The molecule has 1 amide bonds. The molecule has 10 heteroatoms. The predicted octanol–water partition coefficient (Wildman–Crippen LogP) is 0.758. The normalized spacial score (nSPS) is 18.6. The van der Waals surface area contributed by atoms with Gasteiger partial charge in [-0.25, -0.2) is 13.2 Å². The molecular formula is C17H27N3O5S2. The summed E-state index contributed by atoms with van der Waals surface area (Å²) in [5.74, 6) is -0.751. The highest BCUT2D eigenvalue weighted by atomic mass is 32.2. The number of carbonyl (C=O) groups excluding carboxylic acids is 2. The highest BCUT2D eigenvalue weighted by Crippen LogP contribution is 2.22. The van der Waals surface area contributed by atoms with Gasteiger partial charge in [0.05, 0.1) is 13.7 Å². The third kappa shape index (κ3) is 5.50. The zero-order valence-electron chi connectivity index (χ0n) is 15.9. The Labute approximate surface area is 164 Å². The molecular weight excluding hydrogens is 390 g/mol. The summed E-state index contributed by atoms with van der Waals surface area (Å²) in [6, 6.07) is 2.64. The summed E-state index contributed by atoms with van der Waals surface area (Å²) in [6.07, 6.45) is 0.735. The van der Waals surface area contributed by atoms with Gasteiger partial charge >= 0.3 is 5.97 Å². The highest BCUT2D eigenvalue weighted by molar-refractivity contribution is 7.91. The van der Waals surface area contributed by atoms with Crippen LogP contribution in [0.2, 0.25) is 0 Å². The molecule has 1 saturated heterocycles. The second-order valence-electron chi connectivity index (χ2n) is 6.57. The van der Waals surface area contributed by atoms with Gasteiger partial charge in [-0.1, -0.05) is 26.3 Å². The predicted molar refractivity (Wildman–Crippen MR) is 103 cm³/mol. The van der Waals surface area contributed by atoms with Crippen LogP contribution in [-0.4, -0.2) is 75.4 Å². The van der Waals surface area contributed by atoms with Gasteiger partial charge in [-0.15, -0.1) is 11.3 Å². The van der Waals surface area contributed by atoms with Crippen LogP contribution in [-0.2, 0) is 24.3 Å². The maximum Gasteiger partial charge on any atom is 0.328 e. The lowest BCUT2D eigenvalue weighted by atomic mass is 9.99. The second-order valence-corrected chi connectivity index (χ2v) is 9.68. The first kappa shape index (κ1) is 21.8. The van der Waals surface area contributed by atoms with Crippen molar-refractivity contribution in [1.29, 1.82) is 0 Å². The molecule has 1 aromatic heterocycles. The molecule has 0 unspecified atom stereocenters. The Hall–Kier alpha value is -1.49. The number of hydrogen-bond donors (Lipinski definition) is 1. The van der Waals surface area contributed by atoms with Crippen molar-refractivity contribution in [3.63, 3.8) is 0 Å². The van der Waals surface area contributed by atoms with E-state index in [1.165, 1.54) is 22.8 Å². The average Bonchev–Trinajstić information content (AvgIpc) is 3.21. The molecule has 0 radical (unpaired) electrons. The van der Waals surface area contributed by atoms with Crippen LogP contribution >= 0.6 is 11.3 Å². The fraction of sp³-hybridized carbons (Fsp3) is 0.647. The molecule has 1 fully saturated rings. The van der Waals surface area contributed by atoms with Crippen LogP contribution < -0.4 is 5.32 Å². The van der Waals surface area contributed by atoms with Crippen molar-refractivity contribution in [2.24, 2.45) is 5.92 Å². The monoisotopic (exact) mass is 417 g/mol. The summed E-state index contributed by atoms with van der Waals surface area (Å²) in [6.45, 7) is 5.54. The maximum atomic E-state index is 12.5. The summed E-state index contributed by atoms with van der Waals surface area (Å²) >= 11 is 1.20. The molecule has 8 nitrogen and oxygen atoms in total. The molecule has 0 aromatic carbocycles. The minimum Gasteiger partial charge on any atom is -0.467 e. The number of methoxy groups -OCH3 is 1. The van der Waals surface area contributed by atoms with Gasteiger partial charge in [0.1, 0.15) is 10.3 Å². The van der Waals surface area contributed by atoms with Crippen LogP contribution in [0.4, 0.5) is 0 Å². The van der Waals surface area contributed by atoms with E-state index in [0.29, 0.717) is 30.4 Å². The molecule has 0 saturated carbocycles. The second kappa shape index (κ2) is 9.63. The van der Waals surface area contributed by atoms with Gasteiger partial charge in [-0.3, -0.25) is 9.69 Å². The SMILES string of the molecule is CC[C@@H](C)[C@@H](NC(=O)CN1CCN(S(=O)(=O)c2cccs2)CC1)C(=O)OC. The molecule has 27 heavy (non-hydrogen) atoms. The Bertz CT molecular complexity index is 728. The van der Waals surface area contributed by atoms with E-state index in [1.807, 2.05) is 18.7 Å². The van der Waals surface area contributed by atoms with E-state index >= 15 is 0 Å². The third-order valence-corrected chi connectivity index (χ3v) is 8.04. The Kier molecular flexibility index (Phi) is 7.78. The molecule has 1 N–H and O–H groups in total. The van der Waals surface area contributed by atoms with E-state index in [2.05, 4.69) is 5.32 Å². The largest absolute Gasteiger partial charge is 0.467 e. The number of nitrogens with one attached hydrogen (secondary N) is 1. The van der Waals surface area contributed by atoms with Crippen molar-refractivity contribution in [2.75, 3.05) is 39.8 Å². The molecule has 152 valence electrons. The first-order valence-electron chi connectivity index (χ1n) is 8.92. The lowest BCUT2D eigenvalue weighted by Gasteiger charge is -2.33. The van der Waals surface area contributed by atoms with Crippen LogP contribution in [0.1, 0.15) is 20.3 Å². The standard InChI is InChI=1S/C17H27N3O5S2/c1-4-13(2)16(17(22)25-3)18-14(21)12-19-7-9-20(10-8-19)27(23,24)15-6-5-11-26-15/h5-6,11,13,16H,4,7-10,12H2,1-3H3,(H,18,21)/t13-,16-/m1/s1. The van der Waals surface area contributed by atoms with E-state index in [4.69, 9.17) is 4.74 Å². The van der Waals surface area contributed by atoms with E-state index in [1.54, 1.807) is 17.5 Å². The first-order valence-corrected chi connectivity index (χ1v) is 11.2. The van der Waals surface area contributed by atoms with Crippen molar-refractivity contribution in [3.8, 4) is 0 Å². The topological polar surface area (TPSA) is 96.0 Å². The minimum absolute atomic E-state index is 0.0332. The van der Waals surface area contributed by atoms with Gasteiger partial charge < -0.3 is 10.1 Å². The van der Waals surface area contributed by atoms with Gasteiger partial charge in [0.25, 0.3) is 10.0 Å². The van der Waals surface area contributed by atoms with Gasteiger partial charge in [0.15, 0.2) is 0 Å². The van der Waals surface area contributed by atoms with Gasteiger partial charge in [-0.2, -0.15) is 4.31 Å². The maximum absolute atomic E-state index is 12.5. The van der Waals surface area contributed by atoms with Crippen LogP contribution in [0.15, 0.2) is 21.7 Å². The van der Waals surface area contributed by atoms with Crippen LogP contribution in [0.3, 0.4) is 0 Å². The van der Waals surface area contributed by atoms with Gasteiger partial charge in [-0.05, 0) is 17.4 Å². The summed E-state index contributed by atoms with van der Waals surface area (Å²) in [5.41, 5.74) is 0. The molecule has 1 aliphatic heterocycles. The van der Waals surface area contributed by atoms with Gasteiger partial charge in [0.2, 0.25) is 5.91 Å². The van der Waals surface area contributed by atoms with Crippen molar-refractivity contribution >= 4 is 33.2 Å². The quantitative estimate of drug-likeness (QED) is 0.628. The summed E-state index contributed by atoms with van der Waals surface area (Å²) in [7, 11) is -2.15. The van der Waals surface area contributed by atoms with Crippen molar-refractivity contribution in [2.45, 2.75) is 30.5 Å². The fourth-order valence-corrected chi connectivity index (χ4v) is 5.45. The molecule has 2 rings (SSSR count). The lowest BCUT2D eigenvalue weighted by molar-refractivity contribution is -0.146. The van der Waals surface area contributed by atoms with E-state index in [0.717, 1.165) is 6.42 Å². The van der Waals surface area contributed by atoms with Crippen LogP contribution in [0, 0.1) is 5.92 Å². The molecule has 0 spiro atoms. The number of hydrogen-bond acceptors (Lipinski definition) is 7. The molecule has 0 bridgehead atoms. The zero-order chi connectivity index (χ0) is 20.0. The van der Waals surface area contributed by atoms with Crippen LogP contribution in [0.25, 0.3) is 0 Å². The number of nitrogens with zero attached hydrogens (tertiary/aromatic N) is 2. The Balaban J connectivity index is 1.87. The van der Waals surface area contributed by atoms with Crippen molar-refractivity contribution in [1.82, 2.24) is 14.5 Å². The minimum atomic E-state index is -3.46. The number of ether oxygens (including phenoxy) is 1. The van der Waals surface area contributed by atoms with E-state index < -0.39 is 22.0 Å². The number of carbonyl (C=O) groups is 2. The van der Waals surface area contributed by atoms with Crippen molar-refractivity contribution in [3.05, 3.63) is 17.5 Å². The smallest absolute Gasteiger partial charge is 0.328 e. The third-order valence-electron chi connectivity index (χ3n) is 4.77. The van der Waals surface area contributed by atoms with Crippen molar-refractivity contribution < 1.29 is 22.7 Å². The fourth-order valence-electron chi connectivity index (χ4n) is 2.88. The zero-order valence-corrected chi connectivity index (χ0v) is 17.5. The molecule has 1 aromatic rings. The highest BCUT2D eigenvalue weighted by Gasteiger charge is 2.31. The summed E-state index contributed by atoms with van der Waals surface area (Å²) in [5, 5.41) is 4.48. The number of thiophene rings is 1.